The first-order valence-corrected chi connectivity index (χ1v) is 5.72. The zero-order valence-electron chi connectivity index (χ0n) is 9.66. The van der Waals surface area contributed by atoms with Crippen LogP contribution in [0.3, 0.4) is 0 Å². The summed E-state index contributed by atoms with van der Waals surface area (Å²) in [6, 6.07) is 9.28. The minimum absolute atomic E-state index is 0.676. The van der Waals surface area contributed by atoms with E-state index in [-0.39, 0.29) is 0 Å². The number of likely N-dealkylation sites (N-methyl/N-ethyl adjacent to an activating group) is 1. The maximum Gasteiger partial charge on any atom is 0.0211 e. The normalized spacial score (nSPS) is 22.1. The molecule has 1 N–H and O–H groups in total. The first kappa shape index (κ1) is 10.7. The Morgan fingerprint density at radius 2 is 2.20 bits per heavy atom. The summed E-state index contributed by atoms with van der Waals surface area (Å²) in [7, 11) is 2.19. The van der Waals surface area contributed by atoms with Crippen LogP contribution in [-0.4, -0.2) is 31.1 Å². The van der Waals surface area contributed by atoms with Crippen molar-refractivity contribution in [1.82, 2.24) is 10.2 Å². The molecule has 0 aromatic heterocycles. The highest BCUT2D eigenvalue weighted by Gasteiger charge is 2.18. The van der Waals surface area contributed by atoms with E-state index in [1.54, 1.807) is 0 Å². The Morgan fingerprint density at radius 3 is 2.87 bits per heavy atom. The molecular formula is C13H20N2. The first-order valence-electron chi connectivity index (χ1n) is 5.72. The highest BCUT2D eigenvalue weighted by molar-refractivity contribution is 5.25. The van der Waals surface area contributed by atoms with Gasteiger partial charge in [-0.1, -0.05) is 24.3 Å². The van der Waals surface area contributed by atoms with E-state index in [0.717, 1.165) is 6.54 Å². The zero-order chi connectivity index (χ0) is 10.7. The standard InChI is InChI=1S/C13H20N2/c1-11-5-3-4-6-12(11)9-14-13-7-8-15(2)10-13/h3-6,13-14H,7-10H2,1-2H3/t13-/m0/s1. The number of likely N-dealkylation sites (tertiary alicyclic amines) is 1. The van der Waals surface area contributed by atoms with Crippen molar-refractivity contribution in [3.63, 3.8) is 0 Å². The fraction of sp³-hybridized carbons (Fsp3) is 0.538. The number of benzene rings is 1. The fourth-order valence-electron chi connectivity index (χ4n) is 2.16. The highest BCUT2D eigenvalue weighted by Crippen LogP contribution is 2.10. The molecule has 0 aliphatic carbocycles. The Balaban J connectivity index is 1.86. The van der Waals surface area contributed by atoms with Crippen LogP contribution in [0.15, 0.2) is 24.3 Å². The fourth-order valence-corrected chi connectivity index (χ4v) is 2.16. The second-order valence-electron chi connectivity index (χ2n) is 4.56. The maximum atomic E-state index is 3.63. The van der Waals surface area contributed by atoms with E-state index in [1.807, 2.05) is 0 Å². The summed E-state index contributed by atoms with van der Waals surface area (Å²) in [6.07, 6.45) is 1.28. The van der Waals surface area contributed by atoms with Crippen LogP contribution in [-0.2, 0) is 6.54 Å². The molecule has 1 saturated heterocycles. The van der Waals surface area contributed by atoms with Crippen LogP contribution in [0.25, 0.3) is 0 Å². The number of hydrogen-bond donors (Lipinski definition) is 1. The Labute approximate surface area is 92.3 Å². The molecule has 0 spiro atoms. The van der Waals surface area contributed by atoms with Gasteiger partial charge in [-0.15, -0.1) is 0 Å². The quantitative estimate of drug-likeness (QED) is 0.807. The van der Waals surface area contributed by atoms with Crippen LogP contribution in [0, 0.1) is 6.92 Å². The Bertz CT molecular complexity index is 322. The molecule has 1 aliphatic heterocycles. The van der Waals surface area contributed by atoms with Crippen LogP contribution in [0.4, 0.5) is 0 Å². The third kappa shape index (κ3) is 2.80. The van der Waals surface area contributed by atoms with Crippen molar-refractivity contribution in [3.8, 4) is 0 Å². The zero-order valence-corrected chi connectivity index (χ0v) is 9.66. The van der Waals surface area contributed by atoms with Gasteiger partial charge in [-0.25, -0.2) is 0 Å². The summed E-state index contributed by atoms with van der Waals surface area (Å²) < 4.78 is 0. The molecule has 82 valence electrons. The van der Waals surface area contributed by atoms with E-state index in [0.29, 0.717) is 6.04 Å². The van der Waals surface area contributed by atoms with Crippen LogP contribution >= 0.6 is 0 Å². The smallest absolute Gasteiger partial charge is 0.0211 e. The second-order valence-corrected chi connectivity index (χ2v) is 4.56. The summed E-state index contributed by atoms with van der Waals surface area (Å²) in [6.45, 7) is 5.60. The predicted octanol–water partition coefficient (Wildman–Crippen LogP) is 1.79. The molecule has 1 fully saturated rings. The molecule has 1 aromatic rings. The number of aryl methyl sites for hydroxylation is 1. The lowest BCUT2D eigenvalue weighted by molar-refractivity contribution is 0.397. The van der Waals surface area contributed by atoms with Crippen molar-refractivity contribution in [3.05, 3.63) is 35.4 Å². The van der Waals surface area contributed by atoms with Gasteiger partial charge in [-0.2, -0.15) is 0 Å². The van der Waals surface area contributed by atoms with Crippen LogP contribution in [0.1, 0.15) is 17.5 Å². The van der Waals surface area contributed by atoms with Gasteiger partial charge in [0.2, 0.25) is 0 Å². The van der Waals surface area contributed by atoms with Crippen LogP contribution < -0.4 is 5.32 Å². The molecule has 1 aliphatic rings. The van der Waals surface area contributed by atoms with E-state index < -0.39 is 0 Å². The number of hydrogen-bond acceptors (Lipinski definition) is 2. The molecule has 2 heteroatoms. The molecule has 2 nitrogen and oxygen atoms in total. The van der Waals surface area contributed by atoms with E-state index >= 15 is 0 Å². The van der Waals surface area contributed by atoms with Gasteiger partial charge < -0.3 is 10.2 Å². The number of nitrogens with one attached hydrogen (secondary N) is 1. The van der Waals surface area contributed by atoms with Gasteiger partial charge in [0, 0.05) is 19.1 Å². The van der Waals surface area contributed by atoms with Gasteiger partial charge in [0.05, 0.1) is 0 Å². The lowest BCUT2D eigenvalue weighted by Gasteiger charge is -2.13. The van der Waals surface area contributed by atoms with Gasteiger partial charge >= 0.3 is 0 Å². The lowest BCUT2D eigenvalue weighted by atomic mass is 10.1. The monoisotopic (exact) mass is 204 g/mol. The predicted molar refractivity (Wildman–Crippen MR) is 63.9 cm³/mol. The summed E-state index contributed by atoms with van der Waals surface area (Å²) in [5, 5.41) is 3.63. The van der Waals surface area contributed by atoms with Crippen molar-refractivity contribution in [2.24, 2.45) is 0 Å². The minimum Gasteiger partial charge on any atom is -0.309 e. The number of rotatable bonds is 3. The van der Waals surface area contributed by atoms with E-state index in [4.69, 9.17) is 0 Å². The molecule has 1 heterocycles. The van der Waals surface area contributed by atoms with Crippen LogP contribution in [0.2, 0.25) is 0 Å². The lowest BCUT2D eigenvalue weighted by Crippen LogP contribution is -2.31. The SMILES string of the molecule is Cc1ccccc1CN[C@H]1CCN(C)C1. The highest BCUT2D eigenvalue weighted by atomic mass is 15.2. The van der Waals surface area contributed by atoms with Crippen LogP contribution in [0.5, 0.6) is 0 Å². The molecule has 0 saturated carbocycles. The Kier molecular flexibility index (Phi) is 3.39. The summed E-state index contributed by atoms with van der Waals surface area (Å²) >= 11 is 0. The topological polar surface area (TPSA) is 15.3 Å². The van der Waals surface area contributed by atoms with Gasteiger partial charge in [0.15, 0.2) is 0 Å². The second kappa shape index (κ2) is 4.77. The van der Waals surface area contributed by atoms with Crippen molar-refractivity contribution in [2.75, 3.05) is 20.1 Å². The molecule has 15 heavy (non-hydrogen) atoms. The summed E-state index contributed by atoms with van der Waals surface area (Å²) in [5.74, 6) is 0. The van der Waals surface area contributed by atoms with Crippen molar-refractivity contribution < 1.29 is 0 Å². The molecule has 0 unspecified atom stereocenters. The Morgan fingerprint density at radius 1 is 1.40 bits per heavy atom. The van der Waals surface area contributed by atoms with E-state index in [1.165, 1.54) is 30.6 Å². The van der Waals surface area contributed by atoms with Gasteiger partial charge in [0.1, 0.15) is 0 Å². The summed E-state index contributed by atoms with van der Waals surface area (Å²) in [5.41, 5.74) is 2.81. The van der Waals surface area contributed by atoms with E-state index in [2.05, 4.69) is 48.5 Å². The average Bonchev–Trinajstić information content (AvgIpc) is 2.63. The van der Waals surface area contributed by atoms with Crippen molar-refractivity contribution in [1.29, 1.82) is 0 Å². The number of nitrogens with zero attached hydrogens (tertiary/aromatic N) is 1. The minimum atomic E-state index is 0.676. The molecule has 1 aromatic carbocycles. The third-order valence-corrected chi connectivity index (χ3v) is 3.23. The maximum absolute atomic E-state index is 3.63. The third-order valence-electron chi connectivity index (χ3n) is 3.23. The van der Waals surface area contributed by atoms with Gasteiger partial charge in [-0.05, 0) is 38.1 Å². The molecule has 0 radical (unpaired) electrons. The average molecular weight is 204 g/mol. The summed E-state index contributed by atoms with van der Waals surface area (Å²) in [4.78, 5) is 2.38. The van der Waals surface area contributed by atoms with Gasteiger partial charge in [-0.3, -0.25) is 0 Å². The largest absolute Gasteiger partial charge is 0.309 e. The van der Waals surface area contributed by atoms with Crippen molar-refractivity contribution in [2.45, 2.75) is 25.9 Å². The molecule has 0 amide bonds. The van der Waals surface area contributed by atoms with Crippen molar-refractivity contribution >= 4 is 0 Å². The molecular weight excluding hydrogens is 184 g/mol. The Hall–Kier alpha value is -0.860. The molecule has 0 bridgehead atoms. The van der Waals surface area contributed by atoms with Gasteiger partial charge in [0.25, 0.3) is 0 Å². The van der Waals surface area contributed by atoms with E-state index in [9.17, 15) is 0 Å². The molecule has 1 atom stereocenters. The molecule has 2 rings (SSSR count). The first-order chi connectivity index (χ1) is 7.25.